The minimum Gasteiger partial charge on any atom is -0.324 e. The fourth-order valence-electron chi connectivity index (χ4n) is 2.99. The van der Waals surface area contributed by atoms with Crippen LogP contribution < -0.4 is 11.1 Å². The summed E-state index contributed by atoms with van der Waals surface area (Å²) in [7, 11) is 0. The summed E-state index contributed by atoms with van der Waals surface area (Å²) in [6, 6.07) is 8.13. The van der Waals surface area contributed by atoms with E-state index in [-0.39, 0.29) is 5.91 Å². The predicted molar refractivity (Wildman–Crippen MR) is 80.4 cm³/mol. The van der Waals surface area contributed by atoms with Gasteiger partial charge in [0.15, 0.2) is 0 Å². The van der Waals surface area contributed by atoms with Gasteiger partial charge in [0.2, 0.25) is 5.91 Å². The Labute approximate surface area is 120 Å². The molecule has 4 nitrogen and oxygen atoms in total. The summed E-state index contributed by atoms with van der Waals surface area (Å²) in [6.45, 7) is 3.34. The Kier molecular flexibility index (Phi) is 3.76. The number of benzene rings is 1. The number of rotatable bonds is 4. The van der Waals surface area contributed by atoms with Crippen molar-refractivity contribution < 1.29 is 4.79 Å². The Bertz CT molecular complexity index is 490. The van der Waals surface area contributed by atoms with Gasteiger partial charge in [-0.15, -0.1) is 0 Å². The molecule has 1 amide bonds. The molecule has 2 aliphatic rings. The Morgan fingerprint density at radius 2 is 2.00 bits per heavy atom. The van der Waals surface area contributed by atoms with Crippen LogP contribution in [0.25, 0.3) is 0 Å². The quantitative estimate of drug-likeness (QED) is 0.883. The van der Waals surface area contributed by atoms with Crippen LogP contribution in [0.5, 0.6) is 0 Å². The van der Waals surface area contributed by atoms with E-state index in [0.717, 1.165) is 31.5 Å². The van der Waals surface area contributed by atoms with E-state index >= 15 is 0 Å². The third-order valence-corrected chi connectivity index (χ3v) is 4.49. The first-order chi connectivity index (χ1) is 9.66. The number of hydrogen-bond donors (Lipinski definition) is 2. The molecule has 0 unspecified atom stereocenters. The van der Waals surface area contributed by atoms with Gasteiger partial charge in [-0.25, -0.2) is 0 Å². The lowest BCUT2D eigenvalue weighted by atomic mass is 9.77. The van der Waals surface area contributed by atoms with Crippen molar-refractivity contribution in [1.29, 1.82) is 0 Å². The number of hydrogen-bond acceptors (Lipinski definition) is 3. The van der Waals surface area contributed by atoms with Gasteiger partial charge in [0.1, 0.15) is 0 Å². The molecule has 1 saturated carbocycles. The van der Waals surface area contributed by atoms with E-state index in [1.807, 2.05) is 12.1 Å². The molecule has 0 aromatic heterocycles. The normalized spacial score (nSPS) is 21.4. The standard InChI is InChI=1S/C16H23N3O/c17-16(7-4-8-16)15(20)18-14-6-3-5-13(11-14)12-19-9-1-2-10-19/h3,5-6,11H,1-2,4,7-10,12,17H2,(H,18,20). The van der Waals surface area contributed by atoms with Crippen LogP contribution in [-0.2, 0) is 11.3 Å². The summed E-state index contributed by atoms with van der Waals surface area (Å²) in [5.41, 5.74) is 7.53. The fourth-order valence-corrected chi connectivity index (χ4v) is 2.99. The zero-order valence-corrected chi connectivity index (χ0v) is 11.9. The van der Waals surface area contributed by atoms with Gasteiger partial charge in [0.25, 0.3) is 0 Å². The highest BCUT2D eigenvalue weighted by atomic mass is 16.2. The summed E-state index contributed by atoms with van der Waals surface area (Å²) in [5.74, 6) is -0.0397. The Balaban J connectivity index is 1.63. The highest BCUT2D eigenvalue weighted by Crippen LogP contribution is 2.30. The lowest BCUT2D eigenvalue weighted by Crippen LogP contribution is -2.56. The number of nitrogens with zero attached hydrogens (tertiary/aromatic N) is 1. The largest absolute Gasteiger partial charge is 0.324 e. The third-order valence-electron chi connectivity index (χ3n) is 4.49. The first-order valence-electron chi connectivity index (χ1n) is 7.57. The van der Waals surface area contributed by atoms with Gasteiger partial charge >= 0.3 is 0 Å². The summed E-state index contributed by atoms with van der Waals surface area (Å²) in [5, 5.41) is 2.97. The maximum absolute atomic E-state index is 12.1. The van der Waals surface area contributed by atoms with E-state index in [0.29, 0.717) is 0 Å². The molecule has 3 N–H and O–H groups in total. The average molecular weight is 273 g/mol. The van der Waals surface area contributed by atoms with Gasteiger partial charge in [0.05, 0.1) is 5.54 Å². The first-order valence-corrected chi connectivity index (χ1v) is 7.57. The lowest BCUT2D eigenvalue weighted by Gasteiger charge is -2.36. The van der Waals surface area contributed by atoms with Crippen LogP contribution >= 0.6 is 0 Å². The molecule has 4 heteroatoms. The Morgan fingerprint density at radius 3 is 2.65 bits per heavy atom. The van der Waals surface area contributed by atoms with Gasteiger partial charge in [-0.3, -0.25) is 9.69 Å². The first kappa shape index (κ1) is 13.6. The number of carbonyl (C=O) groups is 1. The monoisotopic (exact) mass is 273 g/mol. The molecule has 2 fully saturated rings. The number of amides is 1. The zero-order chi connectivity index (χ0) is 14.0. The molecule has 1 aliphatic carbocycles. The minimum atomic E-state index is -0.634. The molecule has 1 heterocycles. The van der Waals surface area contributed by atoms with Crippen molar-refractivity contribution in [2.75, 3.05) is 18.4 Å². The van der Waals surface area contributed by atoms with Gasteiger partial charge in [-0.05, 0) is 62.9 Å². The van der Waals surface area contributed by atoms with E-state index in [1.165, 1.54) is 31.5 Å². The maximum atomic E-state index is 12.1. The highest BCUT2D eigenvalue weighted by molar-refractivity contribution is 5.98. The Hall–Kier alpha value is -1.39. The van der Waals surface area contributed by atoms with Crippen molar-refractivity contribution in [2.24, 2.45) is 5.73 Å². The van der Waals surface area contributed by atoms with E-state index < -0.39 is 5.54 Å². The van der Waals surface area contributed by atoms with Gasteiger partial charge in [-0.2, -0.15) is 0 Å². The highest BCUT2D eigenvalue weighted by Gasteiger charge is 2.40. The number of nitrogens with one attached hydrogen (secondary N) is 1. The molecule has 20 heavy (non-hydrogen) atoms. The lowest BCUT2D eigenvalue weighted by molar-refractivity contribution is -0.123. The summed E-state index contributed by atoms with van der Waals surface area (Å²) >= 11 is 0. The molecule has 0 spiro atoms. The smallest absolute Gasteiger partial charge is 0.244 e. The number of nitrogens with two attached hydrogens (primary N) is 1. The summed E-state index contributed by atoms with van der Waals surface area (Å²) in [6.07, 6.45) is 5.25. The molecule has 0 atom stereocenters. The van der Waals surface area contributed by atoms with Gasteiger partial charge < -0.3 is 11.1 Å². The topological polar surface area (TPSA) is 58.4 Å². The third kappa shape index (κ3) is 2.86. The van der Waals surface area contributed by atoms with Crippen LogP contribution in [0.3, 0.4) is 0 Å². The average Bonchev–Trinajstić information content (AvgIpc) is 2.89. The predicted octanol–water partition coefficient (Wildman–Crippen LogP) is 2.10. The van der Waals surface area contributed by atoms with Crippen LogP contribution in [0.4, 0.5) is 5.69 Å². The number of anilines is 1. The van der Waals surface area contributed by atoms with E-state index in [1.54, 1.807) is 0 Å². The van der Waals surface area contributed by atoms with Crippen molar-refractivity contribution in [1.82, 2.24) is 4.90 Å². The molecule has 1 aliphatic heterocycles. The second-order valence-electron chi connectivity index (χ2n) is 6.15. The Morgan fingerprint density at radius 1 is 1.25 bits per heavy atom. The second kappa shape index (κ2) is 5.54. The van der Waals surface area contributed by atoms with Crippen LogP contribution in [0.2, 0.25) is 0 Å². The van der Waals surface area contributed by atoms with Gasteiger partial charge in [-0.1, -0.05) is 12.1 Å². The molecule has 0 radical (unpaired) electrons. The molecule has 0 bridgehead atoms. The molecule has 1 saturated heterocycles. The fraction of sp³-hybridized carbons (Fsp3) is 0.562. The second-order valence-corrected chi connectivity index (χ2v) is 6.15. The molecule has 1 aromatic rings. The van der Waals surface area contributed by atoms with Crippen LogP contribution in [0.15, 0.2) is 24.3 Å². The summed E-state index contributed by atoms with van der Waals surface area (Å²) in [4.78, 5) is 14.6. The van der Waals surface area contributed by atoms with Crippen molar-refractivity contribution in [3.05, 3.63) is 29.8 Å². The summed E-state index contributed by atoms with van der Waals surface area (Å²) < 4.78 is 0. The van der Waals surface area contributed by atoms with Crippen LogP contribution in [-0.4, -0.2) is 29.4 Å². The van der Waals surface area contributed by atoms with E-state index in [4.69, 9.17) is 5.73 Å². The molecular formula is C16H23N3O. The van der Waals surface area contributed by atoms with Crippen LogP contribution in [0, 0.1) is 0 Å². The number of likely N-dealkylation sites (tertiary alicyclic amines) is 1. The maximum Gasteiger partial charge on any atom is 0.244 e. The molecule has 1 aromatic carbocycles. The number of carbonyl (C=O) groups excluding carboxylic acids is 1. The van der Waals surface area contributed by atoms with Crippen molar-refractivity contribution in [3.63, 3.8) is 0 Å². The van der Waals surface area contributed by atoms with Crippen LogP contribution in [0.1, 0.15) is 37.7 Å². The zero-order valence-electron chi connectivity index (χ0n) is 11.9. The van der Waals surface area contributed by atoms with Crippen molar-refractivity contribution in [2.45, 2.75) is 44.2 Å². The molecule has 3 rings (SSSR count). The van der Waals surface area contributed by atoms with Crippen molar-refractivity contribution in [3.8, 4) is 0 Å². The van der Waals surface area contributed by atoms with E-state index in [2.05, 4.69) is 22.3 Å². The minimum absolute atomic E-state index is 0.0397. The molecule has 108 valence electrons. The van der Waals surface area contributed by atoms with Gasteiger partial charge in [0, 0.05) is 12.2 Å². The molecular weight excluding hydrogens is 250 g/mol. The van der Waals surface area contributed by atoms with Crippen molar-refractivity contribution >= 4 is 11.6 Å². The SMILES string of the molecule is NC1(C(=O)Nc2cccc(CN3CCCC3)c2)CCC1. The van der Waals surface area contributed by atoms with E-state index in [9.17, 15) is 4.79 Å².